The van der Waals surface area contributed by atoms with Gasteiger partial charge in [0.15, 0.2) is 0 Å². The smallest absolute Gasteiger partial charge is 0.309 e. The predicted octanol–water partition coefficient (Wildman–Crippen LogP) is 0.861. The first kappa shape index (κ1) is 14.0. The number of carbonyl (C=O) groups is 2. The maximum absolute atomic E-state index is 12.0. The van der Waals surface area contributed by atoms with Gasteiger partial charge in [0, 0.05) is 19.0 Å². The highest BCUT2D eigenvalue weighted by atomic mass is 16.4. The molecule has 1 amide bonds. The van der Waals surface area contributed by atoms with Gasteiger partial charge in [-0.05, 0) is 33.1 Å². The van der Waals surface area contributed by atoms with E-state index in [9.17, 15) is 9.59 Å². The van der Waals surface area contributed by atoms with Crippen LogP contribution in [0.2, 0.25) is 0 Å². The highest BCUT2D eigenvalue weighted by Crippen LogP contribution is 2.28. The lowest BCUT2D eigenvalue weighted by molar-refractivity contribution is -0.152. The molecule has 0 radical (unpaired) electrons. The normalized spacial score (nSPS) is 16.4. The maximum Gasteiger partial charge on any atom is 0.309 e. The summed E-state index contributed by atoms with van der Waals surface area (Å²) >= 11 is 0. The van der Waals surface area contributed by atoms with Crippen LogP contribution in [0.25, 0.3) is 0 Å². The van der Waals surface area contributed by atoms with Gasteiger partial charge in [0.05, 0.1) is 12.0 Å². The Bertz CT molecular complexity index is 297. The summed E-state index contributed by atoms with van der Waals surface area (Å²) in [5.41, 5.74) is -1.05. The van der Waals surface area contributed by atoms with Crippen LogP contribution in [0.15, 0.2) is 0 Å². The molecule has 1 aliphatic carbocycles. The third-order valence-electron chi connectivity index (χ3n) is 3.35. The van der Waals surface area contributed by atoms with Crippen LogP contribution in [-0.4, -0.2) is 46.2 Å². The monoisotopic (exact) mass is 243 g/mol. The fourth-order valence-corrected chi connectivity index (χ4v) is 1.87. The fraction of sp³-hybridized carbons (Fsp3) is 0.833. The highest BCUT2D eigenvalue weighted by Gasteiger charge is 2.35. The van der Waals surface area contributed by atoms with Gasteiger partial charge in [-0.1, -0.05) is 0 Å². The van der Waals surface area contributed by atoms with Crippen LogP contribution in [0.3, 0.4) is 0 Å². The van der Waals surface area contributed by atoms with Gasteiger partial charge in [-0.2, -0.15) is 0 Å². The minimum Gasteiger partial charge on any atom is -0.481 e. The lowest BCUT2D eigenvalue weighted by Gasteiger charge is -2.38. The van der Waals surface area contributed by atoms with Gasteiger partial charge in [-0.15, -0.1) is 0 Å². The summed E-state index contributed by atoms with van der Waals surface area (Å²) in [6.07, 6.45) is 3.00. The summed E-state index contributed by atoms with van der Waals surface area (Å²) in [6, 6.07) is 0.194. The van der Waals surface area contributed by atoms with E-state index < -0.39 is 11.4 Å². The summed E-state index contributed by atoms with van der Waals surface area (Å²) in [5.74, 6) is -1.14. The second-order valence-corrected chi connectivity index (χ2v) is 5.26. The second-order valence-electron chi connectivity index (χ2n) is 5.26. The van der Waals surface area contributed by atoms with Crippen LogP contribution in [0.4, 0.5) is 0 Å². The molecule has 0 aromatic rings. The minimum absolute atomic E-state index is 0.0150. The van der Waals surface area contributed by atoms with Crippen molar-refractivity contribution in [2.24, 2.45) is 5.41 Å². The second kappa shape index (κ2) is 5.49. The van der Waals surface area contributed by atoms with Gasteiger partial charge >= 0.3 is 5.97 Å². The first-order chi connectivity index (χ1) is 7.88. The zero-order valence-corrected chi connectivity index (χ0v) is 10.5. The molecule has 0 unspecified atom stereocenters. The number of aliphatic hydroxyl groups is 1. The molecule has 5 heteroatoms. The molecule has 0 saturated heterocycles. The molecule has 5 nitrogen and oxygen atoms in total. The molecule has 0 aromatic carbocycles. The van der Waals surface area contributed by atoms with E-state index in [0.717, 1.165) is 19.3 Å². The molecule has 0 spiro atoms. The molecule has 1 saturated carbocycles. The van der Waals surface area contributed by atoms with Crippen molar-refractivity contribution in [1.29, 1.82) is 0 Å². The van der Waals surface area contributed by atoms with Gasteiger partial charge in [0.25, 0.3) is 0 Å². The Hall–Kier alpha value is -1.10. The number of nitrogens with zero attached hydrogens (tertiary/aromatic N) is 1. The molecule has 0 atom stereocenters. The zero-order valence-electron chi connectivity index (χ0n) is 10.5. The van der Waals surface area contributed by atoms with Crippen LogP contribution >= 0.6 is 0 Å². The zero-order chi connectivity index (χ0) is 13.1. The Morgan fingerprint density at radius 2 is 1.94 bits per heavy atom. The van der Waals surface area contributed by atoms with Crippen LogP contribution in [0, 0.1) is 5.41 Å². The van der Waals surface area contributed by atoms with Gasteiger partial charge < -0.3 is 15.1 Å². The van der Waals surface area contributed by atoms with Gasteiger partial charge in [-0.25, -0.2) is 0 Å². The Labute approximate surface area is 101 Å². The van der Waals surface area contributed by atoms with E-state index in [1.54, 1.807) is 18.7 Å². The van der Waals surface area contributed by atoms with Crippen molar-refractivity contribution in [3.8, 4) is 0 Å². The molecule has 17 heavy (non-hydrogen) atoms. The molecular formula is C12H21NO4. The molecule has 0 heterocycles. The van der Waals surface area contributed by atoms with Crippen LogP contribution in [0.5, 0.6) is 0 Å². The number of carbonyl (C=O) groups excluding carboxylic acids is 1. The van der Waals surface area contributed by atoms with Gasteiger partial charge in [0.2, 0.25) is 5.91 Å². The van der Waals surface area contributed by atoms with E-state index in [0.29, 0.717) is 6.54 Å². The van der Waals surface area contributed by atoms with E-state index in [1.165, 1.54) is 0 Å². The molecule has 0 aromatic heterocycles. The van der Waals surface area contributed by atoms with Crippen LogP contribution in [0.1, 0.15) is 39.5 Å². The summed E-state index contributed by atoms with van der Waals surface area (Å²) in [6.45, 7) is 3.32. The largest absolute Gasteiger partial charge is 0.481 e. The Balaban J connectivity index is 2.61. The number of aliphatic hydroxyl groups excluding tert-OH is 1. The first-order valence-corrected chi connectivity index (χ1v) is 6.02. The van der Waals surface area contributed by atoms with Crippen molar-refractivity contribution in [1.82, 2.24) is 4.90 Å². The lowest BCUT2D eigenvalue weighted by Crippen LogP contribution is -2.47. The molecule has 1 rings (SSSR count). The topological polar surface area (TPSA) is 77.8 Å². The van der Waals surface area contributed by atoms with Crippen molar-refractivity contribution in [3.05, 3.63) is 0 Å². The van der Waals surface area contributed by atoms with Gasteiger partial charge in [0.1, 0.15) is 0 Å². The number of aliphatic carboxylic acids is 1. The molecule has 0 aliphatic heterocycles. The predicted molar refractivity (Wildman–Crippen MR) is 62.5 cm³/mol. The molecule has 1 aliphatic rings. The quantitative estimate of drug-likeness (QED) is 0.725. The summed E-state index contributed by atoms with van der Waals surface area (Å²) in [4.78, 5) is 24.6. The Kier molecular flexibility index (Phi) is 4.51. The number of amides is 1. The van der Waals surface area contributed by atoms with E-state index >= 15 is 0 Å². The third-order valence-corrected chi connectivity index (χ3v) is 3.35. The van der Waals surface area contributed by atoms with Crippen LogP contribution in [-0.2, 0) is 9.59 Å². The maximum atomic E-state index is 12.0. The average Bonchev–Trinajstić information content (AvgIpc) is 2.13. The van der Waals surface area contributed by atoms with Crippen molar-refractivity contribution < 1.29 is 19.8 Å². The molecule has 1 fully saturated rings. The summed E-state index contributed by atoms with van der Waals surface area (Å²) in [5, 5.41) is 17.9. The SMILES string of the molecule is CC(C)(CC(=O)N(CCO)C1CCC1)C(=O)O. The molecule has 98 valence electrons. The van der Waals surface area contributed by atoms with Crippen molar-refractivity contribution in [2.45, 2.75) is 45.6 Å². The minimum atomic E-state index is -1.05. The highest BCUT2D eigenvalue weighted by molar-refractivity contribution is 5.84. The van der Waals surface area contributed by atoms with E-state index in [-0.39, 0.29) is 25.0 Å². The number of carboxylic acids is 1. The number of hydrogen-bond donors (Lipinski definition) is 2. The van der Waals surface area contributed by atoms with Crippen molar-refractivity contribution in [2.75, 3.05) is 13.2 Å². The molecular weight excluding hydrogens is 222 g/mol. The first-order valence-electron chi connectivity index (χ1n) is 6.02. The molecule has 2 N–H and O–H groups in total. The van der Waals surface area contributed by atoms with Crippen LogP contribution < -0.4 is 0 Å². The standard InChI is InChI=1S/C12H21NO4/c1-12(2,11(16)17)8-10(15)13(6-7-14)9-4-3-5-9/h9,14H,3-8H2,1-2H3,(H,16,17). The van der Waals surface area contributed by atoms with Crippen molar-refractivity contribution in [3.63, 3.8) is 0 Å². The Morgan fingerprint density at radius 1 is 1.35 bits per heavy atom. The summed E-state index contributed by atoms with van der Waals surface area (Å²) in [7, 11) is 0. The average molecular weight is 243 g/mol. The number of carboxylic acid groups (broad SMARTS) is 1. The fourth-order valence-electron chi connectivity index (χ4n) is 1.87. The third kappa shape index (κ3) is 3.43. The van der Waals surface area contributed by atoms with E-state index in [4.69, 9.17) is 10.2 Å². The van der Waals surface area contributed by atoms with Gasteiger partial charge in [-0.3, -0.25) is 9.59 Å². The number of rotatable bonds is 6. The Morgan fingerprint density at radius 3 is 2.29 bits per heavy atom. The lowest BCUT2D eigenvalue weighted by atomic mass is 9.86. The summed E-state index contributed by atoms with van der Waals surface area (Å²) < 4.78 is 0. The number of hydrogen-bond acceptors (Lipinski definition) is 3. The molecule has 0 bridgehead atoms. The van der Waals surface area contributed by atoms with Crippen molar-refractivity contribution >= 4 is 11.9 Å². The van der Waals surface area contributed by atoms with E-state index in [1.807, 2.05) is 0 Å². The van der Waals surface area contributed by atoms with E-state index in [2.05, 4.69) is 0 Å².